The number of carboxylic acid groups (broad SMARTS) is 1. The summed E-state index contributed by atoms with van der Waals surface area (Å²) in [5, 5.41) is 41.2. The van der Waals surface area contributed by atoms with E-state index in [2.05, 4.69) is 47.6 Å². The van der Waals surface area contributed by atoms with Gasteiger partial charge in [0.1, 0.15) is 30.4 Å². The maximum atomic E-state index is 10.9. The van der Waals surface area contributed by atoms with Crippen LogP contribution in [-0.4, -0.2) is 93.8 Å². The van der Waals surface area contributed by atoms with E-state index in [0.29, 0.717) is 6.54 Å². The number of carboxylic acids is 1. The Hall–Kier alpha value is -2.63. The van der Waals surface area contributed by atoms with E-state index in [1.54, 1.807) is 0 Å². The van der Waals surface area contributed by atoms with Gasteiger partial charge in [-0.05, 0) is 10.6 Å². The zero-order chi connectivity index (χ0) is 23.4. The number of ether oxygens (including phenoxy) is 1. The molecule has 0 bridgehead atoms. The van der Waals surface area contributed by atoms with Crippen LogP contribution in [0, 0.1) is 5.41 Å². The Bertz CT molecular complexity index is 1060. The summed E-state index contributed by atoms with van der Waals surface area (Å²) >= 11 is 2.16. The summed E-state index contributed by atoms with van der Waals surface area (Å²) in [6.45, 7) is 0.997. The molecule has 1 fully saturated rings. The van der Waals surface area contributed by atoms with Gasteiger partial charge in [0.15, 0.2) is 23.2 Å². The quantitative estimate of drug-likeness (QED) is 0.0661. The number of carbonyl (C=O) groups is 1. The molecule has 16 heteroatoms. The average molecular weight is 560 g/mol. The third kappa shape index (κ3) is 4.89. The Morgan fingerprint density at radius 2 is 2.16 bits per heavy atom. The number of rotatable bonds is 10. The van der Waals surface area contributed by atoms with E-state index in [4.69, 9.17) is 26.5 Å². The van der Waals surface area contributed by atoms with Crippen LogP contribution in [-0.2, 0) is 9.53 Å². The second-order valence-electron chi connectivity index (χ2n) is 6.97. The molecule has 15 nitrogen and oxygen atoms in total. The number of aliphatic hydroxyl groups is 2. The summed E-state index contributed by atoms with van der Waals surface area (Å²) in [7, 11) is 0. The lowest BCUT2D eigenvalue weighted by Crippen LogP contribution is -2.41. The number of nitrogens with two attached hydrogens (primary N) is 1. The summed E-state index contributed by atoms with van der Waals surface area (Å²) < 4.78 is 7.89. The number of fused-ring (bicyclic) bond motifs is 1. The van der Waals surface area contributed by atoms with E-state index in [0.717, 1.165) is 4.43 Å². The first-order valence-electron chi connectivity index (χ1n) is 9.42. The molecule has 0 amide bonds. The van der Waals surface area contributed by atoms with Crippen LogP contribution < -0.4 is 5.73 Å². The van der Waals surface area contributed by atoms with Crippen LogP contribution in [0.3, 0.4) is 0 Å². The molecule has 6 N–H and O–H groups in total. The number of aliphatic hydroxyl groups excluding tert-OH is 2. The summed E-state index contributed by atoms with van der Waals surface area (Å²) in [6, 6.07) is 0. The molecule has 0 aliphatic carbocycles. The van der Waals surface area contributed by atoms with Gasteiger partial charge in [0.05, 0.1) is 0 Å². The highest BCUT2D eigenvalue weighted by Gasteiger charge is 2.45. The number of aromatic nitrogens is 4. The number of nitrogens with one attached hydrogen (secondary N) is 1. The fraction of sp³-hybridized carbons (Fsp3) is 0.562. The highest BCUT2D eigenvalue weighted by Crippen LogP contribution is 2.36. The lowest BCUT2D eigenvalue weighted by atomic mass is 10.1. The van der Waals surface area contributed by atoms with E-state index in [1.165, 1.54) is 10.9 Å². The van der Waals surface area contributed by atoms with Gasteiger partial charge in [0.25, 0.3) is 0 Å². The minimum absolute atomic E-state index is 0.0180. The molecule has 3 rings (SSSR count). The molecule has 0 spiro atoms. The van der Waals surface area contributed by atoms with E-state index < -0.39 is 36.2 Å². The predicted octanol–water partition coefficient (Wildman–Crippen LogP) is 0.201. The number of anilines is 1. The van der Waals surface area contributed by atoms with Crippen molar-refractivity contribution in [2.24, 2.45) is 5.11 Å². The number of azide groups is 1. The lowest BCUT2D eigenvalue weighted by molar-refractivity contribution is -0.129. The Balaban J connectivity index is 1.85. The van der Waals surface area contributed by atoms with Crippen molar-refractivity contribution in [1.29, 1.82) is 5.41 Å². The third-order valence-corrected chi connectivity index (χ3v) is 5.47. The van der Waals surface area contributed by atoms with Gasteiger partial charge in [-0.2, -0.15) is 0 Å². The minimum Gasteiger partial charge on any atom is -0.477 e. The number of aliphatic carboxylic acids is 1. The first-order valence-corrected chi connectivity index (χ1v) is 10.9. The van der Waals surface area contributed by atoms with Crippen molar-refractivity contribution < 1.29 is 24.9 Å². The topological polar surface area (TPSA) is 232 Å². The first-order chi connectivity index (χ1) is 15.3. The van der Waals surface area contributed by atoms with E-state index in [1.807, 2.05) is 4.90 Å². The monoisotopic (exact) mass is 560 g/mol. The second-order valence-corrected chi connectivity index (χ2v) is 8.05. The van der Waals surface area contributed by atoms with Crippen LogP contribution in [0.15, 0.2) is 11.4 Å². The Labute approximate surface area is 194 Å². The van der Waals surface area contributed by atoms with Crippen LogP contribution >= 0.6 is 22.6 Å². The van der Waals surface area contributed by atoms with Crippen LogP contribution in [0.2, 0.25) is 0 Å². The smallest absolute Gasteiger partial charge is 0.349 e. The molecule has 0 aromatic carbocycles. The van der Waals surface area contributed by atoms with Crippen LogP contribution in [0.4, 0.5) is 11.8 Å². The van der Waals surface area contributed by atoms with Gasteiger partial charge < -0.3 is 25.8 Å². The predicted molar refractivity (Wildman–Crippen MR) is 120 cm³/mol. The number of imidazole rings is 1. The Morgan fingerprint density at radius 3 is 2.81 bits per heavy atom. The zero-order valence-corrected chi connectivity index (χ0v) is 18.8. The molecule has 0 radical (unpaired) electrons. The number of hydrogen-bond acceptors (Lipinski definition) is 11. The number of alkyl halides is 1. The van der Waals surface area contributed by atoms with Crippen molar-refractivity contribution in [3.63, 3.8) is 0 Å². The molecule has 2 aromatic heterocycles. The molecule has 32 heavy (non-hydrogen) atoms. The molecule has 3 heterocycles. The summed E-state index contributed by atoms with van der Waals surface area (Å²) in [6.07, 6.45) is -3.53. The van der Waals surface area contributed by atoms with Crippen molar-refractivity contribution in [3.8, 4) is 0 Å². The molecule has 1 unspecified atom stereocenters. The third-order valence-electron chi connectivity index (χ3n) is 4.99. The van der Waals surface area contributed by atoms with E-state index in [-0.39, 0.29) is 42.4 Å². The van der Waals surface area contributed by atoms with Gasteiger partial charge in [-0.25, -0.2) is 19.7 Å². The summed E-state index contributed by atoms with van der Waals surface area (Å²) in [5.41, 5.74) is 14.6. The van der Waals surface area contributed by atoms with Crippen LogP contribution in [0.25, 0.3) is 21.6 Å². The van der Waals surface area contributed by atoms with Crippen molar-refractivity contribution >= 4 is 57.2 Å². The van der Waals surface area contributed by atoms with Crippen molar-refractivity contribution in [2.45, 2.75) is 31.0 Å². The van der Waals surface area contributed by atoms with Crippen LogP contribution in [0.1, 0.15) is 12.6 Å². The van der Waals surface area contributed by atoms with Crippen molar-refractivity contribution in [2.75, 3.05) is 29.8 Å². The molecule has 4 atom stereocenters. The minimum atomic E-state index is -1.40. The second kappa shape index (κ2) is 10.3. The Morgan fingerprint density at radius 1 is 1.41 bits per heavy atom. The molecule has 1 aliphatic rings. The van der Waals surface area contributed by atoms with Gasteiger partial charge in [-0.15, -0.1) is 0 Å². The first kappa shape index (κ1) is 24.0. The fourth-order valence-electron chi connectivity index (χ4n) is 3.40. The molecular formula is C16H21IN10O5. The molecule has 0 saturated carbocycles. The van der Waals surface area contributed by atoms with Gasteiger partial charge in [0.2, 0.25) is 5.95 Å². The lowest BCUT2D eigenvalue weighted by Gasteiger charge is -2.26. The zero-order valence-electron chi connectivity index (χ0n) is 16.6. The maximum Gasteiger partial charge on any atom is 0.349 e. The van der Waals surface area contributed by atoms with Gasteiger partial charge in [0, 0.05) is 35.4 Å². The molecule has 2 aromatic rings. The Kier molecular flexibility index (Phi) is 7.75. The standard InChI is InChI=1S/C16H21IN10O5/c17-2-4-26(3-1-7(18)15(30)31)5-8-10(28)11(29)14(32-8)27-13-9(12(19)21-6-22-13)23-16(27)24-25-20/h6,8,10-11,14,18,28-29H,1-5H2,(H,30,31)(H2,19,21,22)/t8-,10?,11+,14-/m1/s1. The molecular weight excluding hydrogens is 539 g/mol. The highest BCUT2D eigenvalue weighted by atomic mass is 127. The summed E-state index contributed by atoms with van der Waals surface area (Å²) in [4.78, 5) is 27.5. The maximum absolute atomic E-state index is 10.9. The number of nitrogens with zero attached hydrogens (tertiary/aromatic N) is 8. The van der Waals surface area contributed by atoms with Gasteiger partial charge in [-0.1, -0.05) is 22.6 Å². The fourth-order valence-corrected chi connectivity index (χ4v) is 4.08. The number of halogens is 1. The van der Waals surface area contributed by atoms with Gasteiger partial charge >= 0.3 is 5.97 Å². The normalized spacial score (nSPS) is 22.9. The number of nitrogen functional groups attached to an aromatic ring is 1. The molecule has 172 valence electrons. The van der Waals surface area contributed by atoms with Crippen molar-refractivity contribution in [1.82, 2.24) is 24.4 Å². The number of hydrogen-bond donors (Lipinski definition) is 5. The van der Waals surface area contributed by atoms with Crippen LogP contribution in [0.5, 0.6) is 0 Å². The molecule has 1 aliphatic heterocycles. The largest absolute Gasteiger partial charge is 0.477 e. The van der Waals surface area contributed by atoms with Gasteiger partial charge in [-0.3, -0.25) is 14.9 Å². The summed E-state index contributed by atoms with van der Waals surface area (Å²) in [5.74, 6) is -1.40. The van der Waals surface area contributed by atoms with E-state index >= 15 is 0 Å². The highest BCUT2D eigenvalue weighted by molar-refractivity contribution is 14.1. The van der Waals surface area contributed by atoms with E-state index in [9.17, 15) is 15.0 Å². The van der Waals surface area contributed by atoms with Crippen molar-refractivity contribution in [3.05, 3.63) is 16.8 Å². The average Bonchev–Trinajstić information content (AvgIpc) is 3.25. The molecule has 1 saturated heterocycles. The SMILES string of the molecule is [N-]=[N+]=Nc1nc2c(N)ncnc2n1[C@@H]1O[C@H](CN(CCI)CCC(=N)C(=O)O)C(O)[C@@H]1O.